The third kappa shape index (κ3) is 2.03. The van der Waals surface area contributed by atoms with Crippen molar-refractivity contribution in [1.82, 2.24) is 4.98 Å². The Kier molecular flexibility index (Phi) is 2.76. The summed E-state index contributed by atoms with van der Waals surface area (Å²) in [4.78, 5) is 3.58. The van der Waals surface area contributed by atoms with E-state index < -0.39 is 5.95 Å². The topological polar surface area (TPSA) is 64.9 Å². The Balaban J connectivity index is 2.97. The summed E-state index contributed by atoms with van der Waals surface area (Å²) in [5, 5.41) is 0. The summed E-state index contributed by atoms with van der Waals surface area (Å²) in [6, 6.07) is 2.69. The van der Waals surface area contributed by atoms with Crippen molar-refractivity contribution >= 4 is 11.8 Å². The maximum absolute atomic E-state index is 12.5. The van der Waals surface area contributed by atoms with E-state index in [-0.39, 0.29) is 0 Å². The number of hydrogen-bond donors (Lipinski definition) is 2. The van der Waals surface area contributed by atoms with E-state index in [1.165, 1.54) is 12.1 Å². The second-order valence-corrected chi connectivity index (χ2v) is 2.25. The zero-order chi connectivity index (χ0) is 8.97. The van der Waals surface area contributed by atoms with E-state index in [1.54, 1.807) is 12.2 Å². The number of pyridine rings is 1. The zero-order valence-corrected chi connectivity index (χ0v) is 6.50. The summed E-state index contributed by atoms with van der Waals surface area (Å²) in [5.41, 5.74) is 11.6. The number of rotatable bonds is 2. The van der Waals surface area contributed by atoms with Crippen LogP contribution in [0, 0.1) is 5.95 Å². The second-order valence-electron chi connectivity index (χ2n) is 2.25. The number of halogens is 1. The summed E-state index contributed by atoms with van der Waals surface area (Å²) in [6.45, 7) is 0.387. The Morgan fingerprint density at radius 2 is 2.25 bits per heavy atom. The predicted octanol–water partition coefficient (Wildman–Crippen LogP) is 0.775. The van der Waals surface area contributed by atoms with E-state index in [4.69, 9.17) is 11.5 Å². The van der Waals surface area contributed by atoms with E-state index >= 15 is 0 Å². The predicted molar refractivity (Wildman–Crippen MR) is 46.7 cm³/mol. The molecule has 0 spiro atoms. The Morgan fingerprint density at radius 3 is 2.92 bits per heavy atom. The molecule has 0 saturated heterocycles. The van der Waals surface area contributed by atoms with E-state index in [0.29, 0.717) is 17.9 Å². The van der Waals surface area contributed by atoms with Gasteiger partial charge < -0.3 is 11.5 Å². The van der Waals surface area contributed by atoms with Crippen molar-refractivity contribution < 1.29 is 4.39 Å². The van der Waals surface area contributed by atoms with Gasteiger partial charge in [-0.3, -0.25) is 0 Å². The molecule has 0 atom stereocenters. The van der Waals surface area contributed by atoms with Gasteiger partial charge in [0.1, 0.15) is 0 Å². The Labute approximate surface area is 69.9 Å². The van der Waals surface area contributed by atoms with Crippen LogP contribution in [-0.4, -0.2) is 11.5 Å². The number of nitrogens with two attached hydrogens (primary N) is 2. The minimum absolute atomic E-state index is 0.387. The summed E-state index contributed by atoms with van der Waals surface area (Å²) >= 11 is 0. The highest BCUT2D eigenvalue weighted by Crippen LogP contribution is 2.10. The molecular weight excluding hydrogens is 157 g/mol. The first-order chi connectivity index (χ1) is 5.74. The highest BCUT2D eigenvalue weighted by Gasteiger charge is 1.97. The van der Waals surface area contributed by atoms with Gasteiger partial charge in [-0.1, -0.05) is 6.08 Å². The van der Waals surface area contributed by atoms with Crippen molar-refractivity contribution in [2.75, 3.05) is 12.3 Å². The molecule has 64 valence electrons. The molecular formula is C8H10FN3. The molecule has 1 rings (SSSR count). The van der Waals surface area contributed by atoms with Gasteiger partial charge in [0.15, 0.2) is 0 Å². The van der Waals surface area contributed by atoms with Crippen LogP contribution in [0.15, 0.2) is 18.2 Å². The third-order valence-corrected chi connectivity index (χ3v) is 1.34. The molecule has 0 aliphatic carbocycles. The monoisotopic (exact) mass is 167 g/mol. The molecule has 0 aliphatic rings. The standard InChI is InChI=1S/C8H10FN3/c9-8-4-3-6(11)7(12-8)2-1-5-10/h1-4H,5,10-11H2. The molecule has 0 bridgehead atoms. The molecule has 4 heteroatoms. The molecule has 0 unspecified atom stereocenters. The minimum Gasteiger partial charge on any atom is -0.397 e. The lowest BCUT2D eigenvalue weighted by molar-refractivity contribution is 0.583. The van der Waals surface area contributed by atoms with Crippen LogP contribution in [-0.2, 0) is 0 Å². The maximum Gasteiger partial charge on any atom is 0.213 e. The van der Waals surface area contributed by atoms with Crippen LogP contribution < -0.4 is 11.5 Å². The quantitative estimate of drug-likeness (QED) is 0.639. The molecule has 1 aromatic rings. The molecule has 1 heterocycles. The Hall–Kier alpha value is -1.42. The number of nitrogen functional groups attached to an aromatic ring is 1. The summed E-state index contributed by atoms with van der Waals surface area (Å²) in [7, 11) is 0. The SMILES string of the molecule is NCC=Cc1nc(F)ccc1N. The lowest BCUT2D eigenvalue weighted by Gasteiger charge is -1.97. The van der Waals surface area contributed by atoms with Gasteiger partial charge in [-0.2, -0.15) is 4.39 Å². The first-order valence-corrected chi connectivity index (χ1v) is 3.52. The first kappa shape index (κ1) is 8.67. The molecule has 0 fully saturated rings. The number of nitrogens with zero attached hydrogens (tertiary/aromatic N) is 1. The average Bonchev–Trinajstić information content (AvgIpc) is 2.07. The summed E-state index contributed by atoms with van der Waals surface area (Å²) in [5.74, 6) is -0.541. The van der Waals surface area contributed by atoms with E-state index in [9.17, 15) is 4.39 Å². The van der Waals surface area contributed by atoms with Crippen LogP contribution in [0.2, 0.25) is 0 Å². The minimum atomic E-state index is -0.541. The average molecular weight is 167 g/mol. The van der Waals surface area contributed by atoms with Gasteiger partial charge in [0.05, 0.1) is 11.4 Å². The van der Waals surface area contributed by atoms with Crippen molar-refractivity contribution in [2.45, 2.75) is 0 Å². The highest BCUT2D eigenvalue weighted by atomic mass is 19.1. The third-order valence-electron chi connectivity index (χ3n) is 1.34. The van der Waals surface area contributed by atoms with Crippen molar-refractivity contribution in [3.8, 4) is 0 Å². The molecule has 0 radical (unpaired) electrons. The van der Waals surface area contributed by atoms with Crippen molar-refractivity contribution in [3.05, 3.63) is 29.9 Å². The van der Waals surface area contributed by atoms with E-state index in [0.717, 1.165) is 0 Å². The molecule has 0 aliphatic heterocycles. The second kappa shape index (κ2) is 3.82. The molecule has 3 nitrogen and oxygen atoms in total. The zero-order valence-electron chi connectivity index (χ0n) is 6.50. The van der Waals surface area contributed by atoms with Gasteiger partial charge in [-0.15, -0.1) is 0 Å². The number of anilines is 1. The van der Waals surface area contributed by atoms with Crippen LogP contribution in [0.1, 0.15) is 5.69 Å². The van der Waals surface area contributed by atoms with Crippen molar-refractivity contribution in [3.63, 3.8) is 0 Å². The molecule has 12 heavy (non-hydrogen) atoms. The lowest BCUT2D eigenvalue weighted by atomic mass is 10.3. The van der Waals surface area contributed by atoms with E-state index in [1.807, 2.05) is 0 Å². The largest absolute Gasteiger partial charge is 0.397 e. The smallest absolute Gasteiger partial charge is 0.213 e. The first-order valence-electron chi connectivity index (χ1n) is 3.52. The molecule has 4 N–H and O–H groups in total. The van der Waals surface area contributed by atoms with Crippen molar-refractivity contribution in [2.24, 2.45) is 5.73 Å². The summed E-state index contributed by atoms with van der Waals surface area (Å²) in [6.07, 6.45) is 3.26. The number of hydrogen-bond acceptors (Lipinski definition) is 3. The van der Waals surface area contributed by atoms with Crippen molar-refractivity contribution in [1.29, 1.82) is 0 Å². The van der Waals surface area contributed by atoms with Gasteiger partial charge >= 0.3 is 0 Å². The van der Waals surface area contributed by atoms with Gasteiger partial charge in [-0.25, -0.2) is 4.98 Å². The molecule has 0 amide bonds. The Morgan fingerprint density at radius 1 is 1.50 bits per heavy atom. The lowest BCUT2D eigenvalue weighted by Crippen LogP contribution is -1.96. The van der Waals surface area contributed by atoms with Crippen LogP contribution >= 0.6 is 0 Å². The fourth-order valence-electron chi connectivity index (χ4n) is 0.774. The molecule has 0 saturated carbocycles. The normalized spacial score (nSPS) is 10.8. The number of aromatic nitrogens is 1. The molecule has 0 aromatic carbocycles. The fraction of sp³-hybridized carbons (Fsp3) is 0.125. The Bertz CT molecular complexity index is 296. The van der Waals surface area contributed by atoms with Crippen LogP contribution in [0.4, 0.5) is 10.1 Å². The van der Waals surface area contributed by atoms with Gasteiger partial charge in [-0.05, 0) is 18.2 Å². The van der Waals surface area contributed by atoms with E-state index in [2.05, 4.69) is 4.98 Å². The van der Waals surface area contributed by atoms with Crippen LogP contribution in [0.3, 0.4) is 0 Å². The fourth-order valence-corrected chi connectivity index (χ4v) is 0.774. The van der Waals surface area contributed by atoms with Crippen LogP contribution in [0.5, 0.6) is 0 Å². The molecule has 1 aromatic heterocycles. The maximum atomic E-state index is 12.5. The van der Waals surface area contributed by atoms with Gasteiger partial charge in [0, 0.05) is 6.54 Å². The van der Waals surface area contributed by atoms with Gasteiger partial charge in [0.2, 0.25) is 5.95 Å². The van der Waals surface area contributed by atoms with Crippen LogP contribution in [0.25, 0.3) is 6.08 Å². The van der Waals surface area contributed by atoms with Gasteiger partial charge in [0.25, 0.3) is 0 Å². The highest BCUT2D eigenvalue weighted by molar-refractivity contribution is 5.60. The summed E-state index contributed by atoms with van der Waals surface area (Å²) < 4.78 is 12.5.